The second kappa shape index (κ2) is 6.38. The Labute approximate surface area is 111 Å². The summed E-state index contributed by atoms with van der Waals surface area (Å²) >= 11 is 11.2. The third-order valence-electron chi connectivity index (χ3n) is 2.18. The van der Waals surface area contributed by atoms with E-state index in [-0.39, 0.29) is 0 Å². The molecule has 2 nitrogen and oxygen atoms in total. The molecule has 0 aliphatic carbocycles. The topological polar surface area (TPSA) is 52.0 Å². The number of nitrogens with two attached hydrogens (primary N) is 2. The number of nitrogen functional groups attached to an aromatic ring is 2. The van der Waals surface area contributed by atoms with E-state index in [1.54, 1.807) is 18.2 Å². The van der Waals surface area contributed by atoms with Crippen molar-refractivity contribution in [3.05, 3.63) is 58.1 Å². The number of aryl methyl sites for hydroxylation is 1. The Hall–Kier alpha value is -1.38. The minimum atomic E-state index is 0.606. The van der Waals surface area contributed by atoms with Gasteiger partial charge in [0.2, 0.25) is 0 Å². The Balaban J connectivity index is 0.000000171. The molecule has 0 saturated carbocycles. The number of rotatable bonds is 0. The molecule has 4 N–H and O–H groups in total. The van der Waals surface area contributed by atoms with Gasteiger partial charge in [0.15, 0.2) is 0 Å². The lowest BCUT2D eigenvalue weighted by atomic mass is 10.2. The van der Waals surface area contributed by atoms with Gasteiger partial charge >= 0.3 is 0 Å². The Bertz CT molecular complexity index is 457. The number of halogens is 2. The zero-order valence-corrected chi connectivity index (χ0v) is 11.0. The average molecular weight is 269 g/mol. The maximum absolute atomic E-state index is 5.58. The lowest BCUT2D eigenvalue weighted by Crippen LogP contribution is -1.95. The van der Waals surface area contributed by atoms with Gasteiger partial charge in [-0.05, 0) is 30.7 Å². The molecule has 0 aromatic heterocycles. The molecule has 0 aliphatic rings. The Morgan fingerprint density at radius 3 is 1.71 bits per heavy atom. The molecule has 2 aromatic rings. The first-order valence-corrected chi connectivity index (χ1v) is 5.78. The van der Waals surface area contributed by atoms with Gasteiger partial charge in [0.05, 0.1) is 21.4 Å². The second-order valence-corrected chi connectivity index (χ2v) is 4.31. The average Bonchev–Trinajstić information content (AvgIpc) is 2.31. The molecule has 90 valence electrons. The number of hydrogen-bond acceptors (Lipinski definition) is 2. The largest absolute Gasteiger partial charge is 0.397 e. The Kier molecular flexibility index (Phi) is 5.13. The molecular weight excluding hydrogens is 255 g/mol. The maximum Gasteiger partial charge on any atom is 0.0592 e. The van der Waals surface area contributed by atoms with Crippen LogP contribution in [0.2, 0.25) is 10.0 Å². The van der Waals surface area contributed by atoms with Gasteiger partial charge in [-0.15, -0.1) is 0 Å². The summed E-state index contributed by atoms with van der Waals surface area (Å²) in [5.74, 6) is 0. The van der Waals surface area contributed by atoms with E-state index in [1.807, 2.05) is 31.2 Å². The predicted octanol–water partition coefficient (Wildman–Crippen LogP) is 4.15. The highest BCUT2D eigenvalue weighted by molar-refractivity contribution is 6.41. The maximum atomic E-state index is 5.58. The molecule has 0 saturated heterocycles. The van der Waals surface area contributed by atoms with Crippen LogP contribution in [0.3, 0.4) is 0 Å². The van der Waals surface area contributed by atoms with E-state index in [4.69, 9.17) is 34.7 Å². The number of para-hydroxylation sites is 1. The quantitative estimate of drug-likeness (QED) is 0.706. The summed E-state index contributed by atoms with van der Waals surface area (Å²) in [4.78, 5) is 0. The lowest BCUT2D eigenvalue weighted by molar-refractivity contribution is 1.47. The lowest BCUT2D eigenvalue weighted by Gasteiger charge is -2.00. The summed E-state index contributed by atoms with van der Waals surface area (Å²) in [6.07, 6.45) is 0. The highest BCUT2D eigenvalue weighted by Gasteiger charge is 1.93. The second-order valence-electron chi connectivity index (χ2n) is 3.49. The van der Waals surface area contributed by atoms with E-state index in [2.05, 4.69) is 0 Å². The summed E-state index contributed by atoms with van der Waals surface area (Å²) in [5.41, 5.74) is 13.4. The van der Waals surface area contributed by atoms with E-state index in [1.165, 1.54) is 0 Å². The van der Waals surface area contributed by atoms with Gasteiger partial charge < -0.3 is 11.5 Å². The zero-order chi connectivity index (χ0) is 12.8. The molecule has 0 unspecified atom stereocenters. The molecule has 0 bridgehead atoms. The van der Waals surface area contributed by atoms with E-state index in [0.29, 0.717) is 21.4 Å². The summed E-state index contributed by atoms with van der Waals surface area (Å²) in [5, 5.41) is 1.21. The van der Waals surface area contributed by atoms with Crippen LogP contribution in [0.5, 0.6) is 0 Å². The van der Waals surface area contributed by atoms with Crippen LogP contribution in [0.4, 0.5) is 11.4 Å². The fourth-order valence-corrected chi connectivity index (χ4v) is 1.41. The third kappa shape index (κ3) is 4.17. The Morgan fingerprint density at radius 2 is 1.35 bits per heavy atom. The predicted molar refractivity (Wildman–Crippen MR) is 76.5 cm³/mol. The van der Waals surface area contributed by atoms with Crippen LogP contribution in [0.15, 0.2) is 42.5 Å². The highest BCUT2D eigenvalue weighted by atomic mass is 35.5. The van der Waals surface area contributed by atoms with E-state index in [9.17, 15) is 0 Å². The minimum absolute atomic E-state index is 0.606. The highest BCUT2D eigenvalue weighted by Crippen LogP contribution is 2.19. The summed E-state index contributed by atoms with van der Waals surface area (Å²) in [7, 11) is 0. The fraction of sp³-hybridized carbons (Fsp3) is 0.0769. The van der Waals surface area contributed by atoms with Gasteiger partial charge in [-0.2, -0.15) is 0 Å². The van der Waals surface area contributed by atoms with Gasteiger partial charge in [0.25, 0.3) is 0 Å². The first-order chi connectivity index (χ1) is 8.02. The van der Waals surface area contributed by atoms with Crippen molar-refractivity contribution in [1.82, 2.24) is 0 Å². The molecule has 4 heteroatoms. The van der Waals surface area contributed by atoms with Crippen molar-refractivity contribution in [2.45, 2.75) is 6.92 Å². The van der Waals surface area contributed by atoms with Crippen LogP contribution in [-0.2, 0) is 0 Å². The Morgan fingerprint density at radius 1 is 0.824 bits per heavy atom. The van der Waals surface area contributed by atoms with E-state index in [0.717, 1.165) is 5.56 Å². The van der Waals surface area contributed by atoms with Crippen LogP contribution in [0.1, 0.15) is 5.56 Å². The summed E-state index contributed by atoms with van der Waals surface area (Å²) < 4.78 is 0. The van der Waals surface area contributed by atoms with Gasteiger partial charge in [0, 0.05) is 0 Å². The monoisotopic (exact) mass is 268 g/mol. The molecule has 0 fully saturated rings. The fourth-order valence-electron chi connectivity index (χ4n) is 1.14. The summed E-state index contributed by atoms with van der Waals surface area (Å²) in [6.45, 7) is 1.94. The van der Waals surface area contributed by atoms with Gasteiger partial charge in [-0.25, -0.2) is 0 Å². The molecule has 17 heavy (non-hydrogen) atoms. The van der Waals surface area contributed by atoms with Crippen molar-refractivity contribution in [3.63, 3.8) is 0 Å². The molecule has 2 rings (SSSR count). The first-order valence-electron chi connectivity index (χ1n) is 5.03. The molecule has 0 aliphatic heterocycles. The van der Waals surface area contributed by atoms with Crippen LogP contribution in [-0.4, -0.2) is 0 Å². The van der Waals surface area contributed by atoms with Crippen molar-refractivity contribution >= 4 is 34.6 Å². The van der Waals surface area contributed by atoms with Crippen molar-refractivity contribution in [2.75, 3.05) is 11.5 Å². The third-order valence-corrected chi connectivity index (χ3v) is 2.94. The van der Waals surface area contributed by atoms with Crippen LogP contribution >= 0.6 is 23.2 Å². The molecule has 0 amide bonds. The van der Waals surface area contributed by atoms with Crippen molar-refractivity contribution in [2.24, 2.45) is 0 Å². The number of anilines is 2. The van der Waals surface area contributed by atoms with E-state index >= 15 is 0 Å². The molecule has 0 heterocycles. The van der Waals surface area contributed by atoms with Gasteiger partial charge in [0.1, 0.15) is 0 Å². The van der Waals surface area contributed by atoms with Crippen molar-refractivity contribution in [3.8, 4) is 0 Å². The SMILES string of the molecule is Cc1cccc(N)c1N.Clc1ccccc1Cl. The minimum Gasteiger partial charge on any atom is -0.397 e. The zero-order valence-electron chi connectivity index (χ0n) is 9.45. The standard InChI is InChI=1S/C7H10N2.C6H4Cl2/c1-5-3-2-4-6(8)7(5)9;7-5-3-1-2-4-6(5)8/h2-4H,8-9H2,1H3;1-4H. The van der Waals surface area contributed by atoms with Crippen LogP contribution in [0.25, 0.3) is 0 Å². The molecule has 0 radical (unpaired) electrons. The molecule has 0 atom stereocenters. The van der Waals surface area contributed by atoms with Gasteiger partial charge in [-0.1, -0.05) is 47.5 Å². The van der Waals surface area contributed by atoms with Crippen molar-refractivity contribution in [1.29, 1.82) is 0 Å². The first kappa shape index (κ1) is 13.7. The van der Waals surface area contributed by atoms with Crippen LogP contribution < -0.4 is 11.5 Å². The number of benzene rings is 2. The molecule has 2 aromatic carbocycles. The van der Waals surface area contributed by atoms with Crippen molar-refractivity contribution < 1.29 is 0 Å². The normalized spacial score (nSPS) is 9.35. The molecule has 0 spiro atoms. The number of hydrogen-bond donors (Lipinski definition) is 2. The smallest absolute Gasteiger partial charge is 0.0592 e. The summed E-state index contributed by atoms with van der Waals surface area (Å²) in [6, 6.07) is 12.8. The van der Waals surface area contributed by atoms with Gasteiger partial charge in [-0.3, -0.25) is 0 Å². The molecular formula is C13H14Cl2N2. The van der Waals surface area contributed by atoms with Crippen LogP contribution in [0, 0.1) is 6.92 Å². The van der Waals surface area contributed by atoms with E-state index < -0.39 is 0 Å².